The zero-order chi connectivity index (χ0) is 16.9. The fourth-order valence-corrected chi connectivity index (χ4v) is 2.14. The van der Waals surface area contributed by atoms with Crippen molar-refractivity contribution in [3.8, 4) is 23.0 Å². The van der Waals surface area contributed by atoms with Crippen molar-refractivity contribution in [1.82, 2.24) is 19.9 Å². The van der Waals surface area contributed by atoms with Crippen molar-refractivity contribution in [2.45, 2.75) is 13.1 Å². The number of aromatic nitrogens is 4. The Balaban J connectivity index is 0.00000225. The Hall–Kier alpha value is -2.55. The van der Waals surface area contributed by atoms with Gasteiger partial charge in [0, 0.05) is 25.3 Å². The second kappa shape index (κ2) is 8.52. The topological polar surface area (TPSA) is 109 Å². The molecule has 0 saturated heterocycles. The zero-order valence-electron chi connectivity index (χ0n) is 13.6. The first-order valence-corrected chi connectivity index (χ1v) is 7.42. The molecule has 3 aromatic rings. The molecule has 8 nitrogen and oxygen atoms in total. The average Bonchev–Trinajstić information content (AvgIpc) is 3.11. The van der Waals surface area contributed by atoms with Crippen LogP contribution in [-0.4, -0.2) is 33.6 Å². The summed E-state index contributed by atoms with van der Waals surface area (Å²) in [7, 11) is 1.56. The highest BCUT2D eigenvalue weighted by Crippen LogP contribution is 2.20. The Morgan fingerprint density at radius 1 is 1.20 bits per heavy atom. The molecule has 2 aromatic heterocycles. The van der Waals surface area contributed by atoms with E-state index in [0.29, 0.717) is 31.2 Å². The van der Waals surface area contributed by atoms with Gasteiger partial charge in [0.2, 0.25) is 5.82 Å². The molecule has 2 N–H and O–H groups in total. The maximum Gasteiger partial charge on any atom is 0.278 e. The van der Waals surface area contributed by atoms with Gasteiger partial charge < -0.3 is 15.0 Å². The summed E-state index contributed by atoms with van der Waals surface area (Å²) in [4.78, 5) is 16.1. The first-order valence-electron chi connectivity index (χ1n) is 7.42. The molecule has 0 unspecified atom stereocenters. The summed E-state index contributed by atoms with van der Waals surface area (Å²) in [5.74, 6) is 0.698. The molecule has 0 atom stereocenters. The lowest BCUT2D eigenvalue weighted by atomic mass is 10.1. The molecule has 0 saturated carbocycles. The van der Waals surface area contributed by atoms with E-state index in [2.05, 4.69) is 15.2 Å². The van der Waals surface area contributed by atoms with Crippen LogP contribution >= 0.6 is 12.4 Å². The Morgan fingerprint density at radius 2 is 1.96 bits per heavy atom. The van der Waals surface area contributed by atoms with Crippen LogP contribution in [0.3, 0.4) is 0 Å². The molecule has 132 valence electrons. The van der Waals surface area contributed by atoms with Crippen LogP contribution in [-0.2, 0) is 17.8 Å². The smallest absolute Gasteiger partial charge is 0.278 e. The Labute approximate surface area is 150 Å². The molecule has 1 aromatic carbocycles. The molecule has 9 heteroatoms. The number of benzene rings is 1. The second-order valence-electron chi connectivity index (χ2n) is 5.10. The van der Waals surface area contributed by atoms with Crippen molar-refractivity contribution in [1.29, 1.82) is 0 Å². The molecular formula is C16H18ClN5O3. The maximum absolute atomic E-state index is 11.8. The molecule has 0 aliphatic carbocycles. The number of nitrogens with zero attached hydrogens (tertiary/aromatic N) is 4. The van der Waals surface area contributed by atoms with Crippen LogP contribution in [0.5, 0.6) is 0 Å². The molecule has 0 amide bonds. The van der Waals surface area contributed by atoms with Gasteiger partial charge in [-0.25, -0.2) is 4.68 Å². The number of hydrogen-bond acceptors (Lipinski definition) is 7. The van der Waals surface area contributed by atoms with Crippen LogP contribution < -0.4 is 11.3 Å². The van der Waals surface area contributed by atoms with Gasteiger partial charge in [-0.3, -0.25) is 4.79 Å². The summed E-state index contributed by atoms with van der Waals surface area (Å²) in [6.07, 6.45) is 0. The third-order valence-electron chi connectivity index (χ3n) is 3.47. The van der Waals surface area contributed by atoms with Gasteiger partial charge in [0.1, 0.15) is 5.69 Å². The number of methoxy groups -OCH3 is 1. The maximum atomic E-state index is 11.8. The van der Waals surface area contributed by atoms with Crippen molar-refractivity contribution in [3.63, 3.8) is 0 Å². The zero-order valence-corrected chi connectivity index (χ0v) is 14.4. The predicted molar refractivity (Wildman–Crippen MR) is 94.2 cm³/mol. The monoisotopic (exact) mass is 363 g/mol. The molecule has 0 fully saturated rings. The molecule has 25 heavy (non-hydrogen) atoms. The molecule has 3 rings (SSSR count). The van der Waals surface area contributed by atoms with Crippen LogP contribution in [0.15, 0.2) is 45.7 Å². The fourth-order valence-electron chi connectivity index (χ4n) is 2.14. The average molecular weight is 364 g/mol. The molecule has 0 aliphatic heterocycles. The lowest BCUT2D eigenvalue weighted by Crippen LogP contribution is -2.24. The largest absolute Gasteiger partial charge is 0.383 e. The second-order valence-corrected chi connectivity index (χ2v) is 5.10. The van der Waals surface area contributed by atoms with Gasteiger partial charge in [-0.1, -0.05) is 29.4 Å². The summed E-state index contributed by atoms with van der Waals surface area (Å²) >= 11 is 0. The van der Waals surface area contributed by atoms with Gasteiger partial charge in [0.05, 0.1) is 13.2 Å². The van der Waals surface area contributed by atoms with Crippen molar-refractivity contribution in [2.75, 3.05) is 13.7 Å². The van der Waals surface area contributed by atoms with E-state index in [4.69, 9.17) is 15.0 Å². The van der Waals surface area contributed by atoms with Gasteiger partial charge in [-0.15, -0.1) is 12.4 Å². The first kappa shape index (κ1) is 18.8. The van der Waals surface area contributed by atoms with Gasteiger partial charge in [-0.05, 0) is 11.6 Å². The van der Waals surface area contributed by atoms with Crippen LogP contribution in [0.4, 0.5) is 0 Å². The number of halogens is 1. The third-order valence-corrected chi connectivity index (χ3v) is 3.47. The highest BCUT2D eigenvalue weighted by molar-refractivity contribution is 5.85. The molecule has 0 bridgehead atoms. The Morgan fingerprint density at radius 3 is 2.64 bits per heavy atom. The normalized spacial score (nSPS) is 10.5. The van der Waals surface area contributed by atoms with Gasteiger partial charge in [0.15, 0.2) is 0 Å². The first-order chi connectivity index (χ1) is 11.7. The van der Waals surface area contributed by atoms with Gasteiger partial charge >= 0.3 is 0 Å². The minimum Gasteiger partial charge on any atom is -0.383 e. The molecule has 2 heterocycles. The van der Waals surface area contributed by atoms with Crippen molar-refractivity contribution in [2.24, 2.45) is 5.73 Å². The van der Waals surface area contributed by atoms with Crippen LogP contribution in [0.2, 0.25) is 0 Å². The summed E-state index contributed by atoms with van der Waals surface area (Å²) in [6.45, 7) is 1.22. The van der Waals surface area contributed by atoms with E-state index in [9.17, 15) is 4.79 Å². The number of rotatable bonds is 6. The van der Waals surface area contributed by atoms with Crippen molar-refractivity contribution in [3.05, 3.63) is 52.3 Å². The van der Waals surface area contributed by atoms with E-state index in [1.54, 1.807) is 13.2 Å². The lowest BCUT2D eigenvalue weighted by molar-refractivity contribution is 0.182. The van der Waals surface area contributed by atoms with E-state index in [1.165, 1.54) is 10.7 Å². The Kier molecular flexibility index (Phi) is 6.40. The Bertz CT molecular complexity index is 876. The van der Waals surface area contributed by atoms with Crippen LogP contribution in [0.25, 0.3) is 23.0 Å². The van der Waals surface area contributed by atoms with Crippen molar-refractivity contribution >= 4 is 12.4 Å². The van der Waals surface area contributed by atoms with E-state index in [-0.39, 0.29) is 23.9 Å². The number of hydrogen-bond donors (Lipinski definition) is 1. The van der Waals surface area contributed by atoms with Crippen LogP contribution in [0.1, 0.15) is 5.56 Å². The minimum absolute atomic E-state index is 0. The van der Waals surface area contributed by atoms with Gasteiger partial charge in [0.25, 0.3) is 11.4 Å². The standard InChI is InChI=1S/C16H17N5O3.ClH/c1-23-9-8-21-14(22)7-6-13(19-21)16-18-15(20-24-16)12-4-2-11(10-17)3-5-12;/h2-7H,8-10,17H2,1H3;1H. The van der Waals surface area contributed by atoms with Crippen molar-refractivity contribution < 1.29 is 9.26 Å². The van der Waals surface area contributed by atoms with Gasteiger partial charge in [-0.2, -0.15) is 10.1 Å². The van der Waals surface area contributed by atoms with E-state index in [0.717, 1.165) is 11.1 Å². The molecular weight excluding hydrogens is 346 g/mol. The van der Waals surface area contributed by atoms with Crippen LogP contribution in [0, 0.1) is 0 Å². The van der Waals surface area contributed by atoms with E-state index < -0.39 is 0 Å². The third kappa shape index (κ3) is 4.30. The molecule has 0 radical (unpaired) electrons. The molecule has 0 spiro atoms. The van der Waals surface area contributed by atoms with E-state index in [1.807, 2.05) is 24.3 Å². The summed E-state index contributed by atoms with van der Waals surface area (Å²) in [5, 5.41) is 8.19. The fraction of sp³-hybridized carbons (Fsp3) is 0.250. The molecule has 0 aliphatic rings. The summed E-state index contributed by atoms with van der Waals surface area (Å²) in [5.41, 5.74) is 7.64. The predicted octanol–water partition coefficient (Wildman–Crippen LogP) is 1.49. The number of nitrogens with two attached hydrogens (primary N) is 1. The van der Waals surface area contributed by atoms with E-state index >= 15 is 0 Å². The lowest BCUT2D eigenvalue weighted by Gasteiger charge is -2.03. The summed E-state index contributed by atoms with van der Waals surface area (Å²) < 4.78 is 11.5. The highest BCUT2D eigenvalue weighted by atomic mass is 35.5. The summed E-state index contributed by atoms with van der Waals surface area (Å²) in [6, 6.07) is 10.6. The number of ether oxygens (including phenoxy) is 1. The quantitative estimate of drug-likeness (QED) is 0.706. The minimum atomic E-state index is -0.215. The highest BCUT2D eigenvalue weighted by Gasteiger charge is 2.13. The SMILES string of the molecule is COCCn1nc(-c2nc(-c3ccc(CN)cc3)no2)ccc1=O.Cl.